The first-order chi connectivity index (χ1) is 15.5. The number of nitro benzene ring substituents is 1. The van der Waals surface area contributed by atoms with Crippen molar-refractivity contribution in [1.82, 2.24) is 9.47 Å². The molecule has 0 bridgehead atoms. The van der Waals surface area contributed by atoms with Crippen LogP contribution in [0.2, 0.25) is 0 Å². The molecule has 8 nitrogen and oxygen atoms in total. The van der Waals surface area contributed by atoms with E-state index in [1.165, 1.54) is 17.0 Å². The molecule has 0 atom stereocenters. The Kier molecular flexibility index (Phi) is 6.70. The molecule has 0 amide bonds. The first-order valence-corrected chi connectivity index (χ1v) is 11.0. The smallest absolute Gasteiger partial charge is 0.325 e. The number of rotatable bonds is 8. The number of anilines is 1. The maximum absolute atomic E-state index is 12.0. The minimum atomic E-state index is -0.349. The summed E-state index contributed by atoms with van der Waals surface area (Å²) >= 11 is 0. The van der Waals surface area contributed by atoms with Gasteiger partial charge in [-0.05, 0) is 31.0 Å². The van der Waals surface area contributed by atoms with Crippen molar-refractivity contribution in [2.75, 3.05) is 44.2 Å². The molecule has 4 rings (SSSR count). The van der Waals surface area contributed by atoms with E-state index in [-0.39, 0.29) is 23.1 Å². The molecule has 0 unspecified atom stereocenters. The summed E-state index contributed by atoms with van der Waals surface area (Å²) in [6.45, 7) is 6.83. The van der Waals surface area contributed by atoms with Crippen LogP contribution in [-0.2, 0) is 22.5 Å². The van der Waals surface area contributed by atoms with Crippen molar-refractivity contribution >= 4 is 28.2 Å². The Balaban J connectivity index is 1.37. The van der Waals surface area contributed by atoms with Crippen LogP contribution >= 0.6 is 0 Å². The van der Waals surface area contributed by atoms with Crippen LogP contribution in [0.15, 0.2) is 54.7 Å². The van der Waals surface area contributed by atoms with E-state index in [9.17, 15) is 14.9 Å². The molecule has 0 aliphatic carbocycles. The number of benzene rings is 2. The maximum Gasteiger partial charge on any atom is 0.325 e. The highest BCUT2D eigenvalue weighted by atomic mass is 16.6. The molecule has 8 heteroatoms. The summed E-state index contributed by atoms with van der Waals surface area (Å²) in [4.78, 5) is 27.3. The van der Waals surface area contributed by atoms with Crippen molar-refractivity contribution in [3.05, 3.63) is 70.4 Å². The van der Waals surface area contributed by atoms with E-state index in [1.807, 2.05) is 35.8 Å². The highest BCUT2D eigenvalue weighted by molar-refractivity contribution is 5.85. The van der Waals surface area contributed by atoms with Crippen molar-refractivity contribution in [3.63, 3.8) is 0 Å². The number of fused-ring (bicyclic) bond motifs is 1. The monoisotopic (exact) mass is 436 g/mol. The van der Waals surface area contributed by atoms with Gasteiger partial charge in [-0.3, -0.25) is 19.8 Å². The molecule has 0 radical (unpaired) electrons. The number of carbonyl (C=O) groups excluding carboxylic acids is 1. The van der Waals surface area contributed by atoms with Gasteiger partial charge >= 0.3 is 5.97 Å². The first-order valence-electron chi connectivity index (χ1n) is 11.0. The molecule has 3 aromatic rings. The van der Waals surface area contributed by atoms with Crippen molar-refractivity contribution in [2.24, 2.45) is 0 Å². The molecule has 1 aromatic heterocycles. The Labute approximate surface area is 187 Å². The summed E-state index contributed by atoms with van der Waals surface area (Å²) in [6, 6.07) is 15.0. The fraction of sp³-hybridized carbons (Fsp3) is 0.375. The number of ether oxygens (including phenoxy) is 1. The summed E-state index contributed by atoms with van der Waals surface area (Å²) < 4.78 is 7.09. The van der Waals surface area contributed by atoms with Crippen LogP contribution in [0.3, 0.4) is 0 Å². The number of hydrogen-bond acceptors (Lipinski definition) is 6. The van der Waals surface area contributed by atoms with Crippen molar-refractivity contribution in [2.45, 2.75) is 19.9 Å². The van der Waals surface area contributed by atoms with E-state index in [4.69, 9.17) is 4.74 Å². The van der Waals surface area contributed by atoms with Crippen LogP contribution in [0.4, 0.5) is 11.4 Å². The normalized spacial score (nSPS) is 14.6. The van der Waals surface area contributed by atoms with Gasteiger partial charge in [-0.2, -0.15) is 0 Å². The summed E-state index contributed by atoms with van der Waals surface area (Å²) in [5, 5.41) is 12.2. The molecule has 0 N–H and O–H groups in total. The van der Waals surface area contributed by atoms with Gasteiger partial charge in [0, 0.05) is 67.6 Å². The van der Waals surface area contributed by atoms with E-state index in [0.29, 0.717) is 6.61 Å². The second kappa shape index (κ2) is 9.82. The second-order valence-electron chi connectivity index (χ2n) is 7.96. The molecular weight excluding hydrogens is 408 g/mol. The molecule has 1 fully saturated rings. The van der Waals surface area contributed by atoms with E-state index < -0.39 is 0 Å². The topological polar surface area (TPSA) is 80.8 Å². The number of carbonyl (C=O) groups is 1. The molecule has 168 valence electrons. The second-order valence-corrected chi connectivity index (χ2v) is 7.96. The Bertz CT molecular complexity index is 1100. The van der Waals surface area contributed by atoms with Crippen LogP contribution in [0, 0.1) is 10.1 Å². The van der Waals surface area contributed by atoms with Gasteiger partial charge in [0.2, 0.25) is 0 Å². The number of esters is 1. The Morgan fingerprint density at radius 2 is 1.88 bits per heavy atom. The highest BCUT2D eigenvalue weighted by Gasteiger charge is 2.19. The number of para-hydroxylation sites is 1. The average molecular weight is 437 g/mol. The van der Waals surface area contributed by atoms with Gasteiger partial charge in [-0.15, -0.1) is 0 Å². The van der Waals surface area contributed by atoms with Crippen molar-refractivity contribution in [1.29, 1.82) is 0 Å². The lowest BCUT2D eigenvalue weighted by Gasteiger charge is -2.36. The molecule has 32 heavy (non-hydrogen) atoms. The number of hydrogen-bond donors (Lipinski definition) is 0. The predicted molar refractivity (Wildman–Crippen MR) is 124 cm³/mol. The van der Waals surface area contributed by atoms with E-state index >= 15 is 0 Å². The number of piperazine rings is 1. The molecule has 2 heterocycles. The van der Waals surface area contributed by atoms with Gasteiger partial charge in [-0.25, -0.2) is 0 Å². The summed E-state index contributed by atoms with van der Waals surface area (Å²) in [6.07, 6.45) is 2.97. The average Bonchev–Trinajstić information content (AvgIpc) is 3.15. The van der Waals surface area contributed by atoms with Gasteiger partial charge < -0.3 is 14.2 Å². The molecule has 2 aromatic carbocycles. The first kappa shape index (κ1) is 21.8. The zero-order chi connectivity index (χ0) is 22.5. The minimum Gasteiger partial charge on any atom is -0.465 e. The SMILES string of the molecule is CCOC(=O)Cn1cc(CCN2CCN(c3cccc([N+](=O)[O-])c3)CC2)c2ccccc21. The van der Waals surface area contributed by atoms with Crippen molar-refractivity contribution < 1.29 is 14.5 Å². The summed E-state index contributed by atoms with van der Waals surface area (Å²) in [7, 11) is 0. The lowest BCUT2D eigenvalue weighted by molar-refractivity contribution is -0.384. The molecule has 0 saturated carbocycles. The summed E-state index contributed by atoms with van der Waals surface area (Å²) in [5.74, 6) is -0.225. The standard InChI is InChI=1S/C24H28N4O4/c1-2-32-24(29)18-27-17-19(22-8-3-4-9-23(22)27)10-11-25-12-14-26(15-13-25)20-6-5-7-21(16-20)28(30)31/h3-9,16-17H,2,10-15,18H2,1H3. The number of non-ortho nitro benzene ring substituents is 1. The van der Waals surface area contributed by atoms with E-state index in [2.05, 4.69) is 22.1 Å². The van der Waals surface area contributed by atoms with Gasteiger partial charge in [0.05, 0.1) is 11.5 Å². The number of aromatic nitrogens is 1. The Morgan fingerprint density at radius 3 is 2.62 bits per heavy atom. The minimum absolute atomic E-state index is 0.129. The molecule has 1 saturated heterocycles. The van der Waals surface area contributed by atoms with E-state index in [1.54, 1.807) is 12.1 Å². The fourth-order valence-corrected chi connectivity index (χ4v) is 4.31. The lowest BCUT2D eigenvalue weighted by atomic mass is 10.1. The summed E-state index contributed by atoms with van der Waals surface area (Å²) in [5.41, 5.74) is 3.31. The van der Waals surface area contributed by atoms with Gasteiger partial charge in [0.25, 0.3) is 5.69 Å². The van der Waals surface area contributed by atoms with Gasteiger partial charge in [0.15, 0.2) is 0 Å². The molecule has 1 aliphatic rings. The van der Waals surface area contributed by atoms with Gasteiger partial charge in [-0.1, -0.05) is 24.3 Å². The third kappa shape index (κ3) is 4.91. The van der Waals surface area contributed by atoms with Crippen molar-refractivity contribution in [3.8, 4) is 0 Å². The van der Waals surface area contributed by atoms with Crippen LogP contribution < -0.4 is 4.90 Å². The van der Waals surface area contributed by atoms with Crippen LogP contribution in [0.1, 0.15) is 12.5 Å². The van der Waals surface area contributed by atoms with Crippen LogP contribution in [0.25, 0.3) is 10.9 Å². The van der Waals surface area contributed by atoms with Crippen LogP contribution in [-0.4, -0.2) is 59.7 Å². The fourth-order valence-electron chi connectivity index (χ4n) is 4.31. The number of nitrogens with zero attached hydrogens (tertiary/aromatic N) is 4. The Morgan fingerprint density at radius 1 is 1.09 bits per heavy atom. The highest BCUT2D eigenvalue weighted by Crippen LogP contribution is 2.24. The zero-order valence-electron chi connectivity index (χ0n) is 18.3. The predicted octanol–water partition coefficient (Wildman–Crippen LogP) is 3.48. The van der Waals surface area contributed by atoms with E-state index in [0.717, 1.165) is 50.3 Å². The van der Waals surface area contributed by atoms with Gasteiger partial charge in [0.1, 0.15) is 6.54 Å². The number of nitro groups is 1. The third-order valence-corrected chi connectivity index (χ3v) is 5.95. The molecular formula is C24H28N4O4. The molecule has 1 aliphatic heterocycles. The van der Waals surface area contributed by atoms with Crippen LogP contribution in [0.5, 0.6) is 0 Å². The third-order valence-electron chi connectivity index (χ3n) is 5.95. The largest absolute Gasteiger partial charge is 0.465 e. The zero-order valence-corrected chi connectivity index (χ0v) is 18.3. The lowest BCUT2D eigenvalue weighted by Crippen LogP contribution is -2.47. The molecule has 0 spiro atoms. The maximum atomic E-state index is 12.0. The Hall–Kier alpha value is -3.39. The quantitative estimate of drug-likeness (QED) is 0.306.